The molecule has 0 spiro atoms. The quantitative estimate of drug-likeness (QED) is 0.769. The molecule has 1 aromatic rings. The van der Waals surface area contributed by atoms with Crippen LogP contribution in [0.3, 0.4) is 0 Å². The predicted octanol–water partition coefficient (Wildman–Crippen LogP) is 1.07. The van der Waals surface area contributed by atoms with Crippen LogP contribution in [-0.4, -0.2) is 61.7 Å². The Labute approximate surface area is 141 Å². The maximum Gasteiger partial charge on any atom is 0.317 e. The van der Waals surface area contributed by atoms with Crippen LogP contribution in [0.1, 0.15) is 12.0 Å². The second-order valence-corrected chi connectivity index (χ2v) is 8.31. The number of nitrogens with zero attached hydrogens (tertiary/aromatic N) is 1. The van der Waals surface area contributed by atoms with Gasteiger partial charge in [0.15, 0.2) is 9.84 Å². The van der Waals surface area contributed by atoms with Gasteiger partial charge in [-0.05, 0) is 24.5 Å². The van der Waals surface area contributed by atoms with Crippen LogP contribution >= 0.6 is 11.6 Å². The van der Waals surface area contributed by atoms with Crippen LogP contribution in [0.5, 0.6) is 0 Å². The smallest absolute Gasteiger partial charge is 0.317 e. The van der Waals surface area contributed by atoms with E-state index in [1.54, 1.807) is 0 Å². The van der Waals surface area contributed by atoms with E-state index in [1.807, 2.05) is 24.3 Å². The Hall–Kier alpha value is -1.31. The molecule has 1 heterocycles. The number of aliphatic hydroxyl groups excluding tert-OH is 1. The minimum atomic E-state index is -3.28. The Balaban J connectivity index is 1.78. The highest BCUT2D eigenvalue weighted by molar-refractivity contribution is 7.91. The molecule has 1 saturated heterocycles. The first-order valence-corrected chi connectivity index (χ1v) is 9.62. The SMILES string of the molecule is CN(C(=O)NCCCc1ccccc1Cl)C1CS(=O)(=O)CC1O. The van der Waals surface area contributed by atoms with Gasteiger partial charge in [0.25, 0.3) is 0 Å². The number of sulfone groups is 1. The van der Waals surface area contributed by atoms with E-state index in [9.17, 15) is 18.3 Å². The molecule has 2 amide bonds. The molecule has 6 nitrogen and oxygen atoms in total. The molecule has 2 N–H and O–H groups in total. The topological polar surface area (TPSA) is 86.7 Å². The Bertz CT molecular complexity index is 665. The van der Waals surface area contributed by atoms with Gasteiger partial charge in [-0.25, -0.2) is 13.2 Å². The molecule has 0 bridgehead atoms. The summed E-state index contributed by atoms with van der Waals surface area (Å²) in [5.74, 6) is -0.487. The average Bonchev–Trinajstić information content (AvgIpc) is 2.77. The third-order valence-electron chi connectivity index (χ3n) is 3.97. The van der Waals surface area contributed by atoms with Crippen LogP contribution < -0.4 is 5.32 Å². The van der Waals surface area contributed by atoms with Crippen molar-refractivity contribution < 1.29 is 18.3 Å². The van der Waals surface area contributed by atoms with Gasteiger partial charge in [-0.1, -0.05) is 29.8 Å². The monoisotopic (exact) mass is 360 g/mol. The first-order chi connectivity index (χ1) is 10.8. The largest absolute Gasteiger partial charge is 0.390 e. The maximum absolute atomic E-state index is 12.0. The molecule has 2 atom stereocenters. The van der Waals surface area contributed by atoms with Crippen molar-refractivity contribution in [1.29, 1.82) is 0 Å². The van der Waals surface area contributed by atoms with Crippen molar-refractivity contribution in [1.82, 2.24) is 10.2 Å². The second kappa shape index (κ2) is 7.51. The number of aliphatic hydroxyl groups is 1. The Morgan fingerprint density at radius 3 is 2.70 bits per heavy atom. The van der Waals surface area contributed by atoms with Gasteiger partial charge in [0.1, 0.15) is 0 Å². The van der Waals surface area contributed by atoms with E-state index in [-0.39, 0.29) is 17.5 Å². The van der Waals surface area contributed by atoms with Gasteiger partial charge in [0.2, 0.25) is 0 Å². The summed E-state index contributed by atoms with van der Waals surface area (Å²) in [6.07, 6.45) is 0.428. The lowest BCUT2D eigenvalue weighted by Crippen LogP contribution is -2.48. The van der Waals surface area contributed by atoms with Crippen LogP contribution in [0.25, 0.3) is 0 Å². The van der Waals surface area contributed by atoms with E-state index < -0.39 is 22.0 Å². The molecule has 1 aliphatic rings. The number of benzene rings is 1. The molecule has 1 aliphatic heterocycles. The lowest BCUT2D eigenvalue weighted by Gasteiger charge is -2.26. The van der Waals surface area contributed by atoms with Gasteiger partial charge < -0.3 is 15.3 Å². The van der Waals surface area contributed by atoms with Crippen LogP contribution in [0.15, 0.2) is 24.3 Å². The Morgan fingerprint density at radius 1 is 1.39 bits per heavy atom. The molecule has 23 heavy (non-hydrogen) atoms. The number of halogens is 1. The lowest BCUT2D eigenvalue weighted by atomic mass is 10.1. The zero-order chi connectivity index (χ0) is 17.0. The Kier molecular flexibility index (Phi) is 5.89. The van der Waals surface area contributed by atoms with E-state index in [1.165, 1.54) is 11.9 Å². The van der Waals surface area contributed by atoms with Crippen LogP contribution in [-0.2, 0) is 16.3 Å². The van der Waals surface area contributed by atoms with E-state index in [2.05, 4.69) is 5.32 Å². The summed E-state index contributed by atoms with van der Waals surface area (Å²) in [5.41, 5.74) is 1.02. The number of aryl methyl sites for hydroxylation is 1. The molecule has 0 aliphatic carbocycles. The third-order valence-corrected chi connectivity index (χ3v) is 6.04. The Morgan fingerprint density at radius 2 is 2.09 bits per heavy atom. The summed E-state index contributed by atoms with van der Waals surface area (Å²) in [6.45, 7) is 0.448. The molecule has 0 aromatic heterocycles. The molecule has 128 valence electrons. The van der Waals surface area contributed by atoms with Crippen molar-refractivity contribution in [3.8, 4) is 0 Å². The van der Waals surface area contributed by atoms with Crippen molar-refractivity contribution in [3.05, 3.63) is 34.9 Å². The molecule has 0 radical (unpaired) electrons. The first-order valence-electron chi connectivity index (χ1n) is 7.43. The number of rotatable bonds is 5. The molecule has 0 saturated carbocycles. The summed E-state index contributed by atoms with van der Waals surface area (Å²) in [5, 5.41) is 13.2. The lowest BCUT2D eigenvalue weighted by molar-refractivity contribution is 0.110. The second-order valence-electron chi connectivity index (χ2n) is 5.75. The summed E-state index contributed by atoms with van der Waals surface area (Å²) in [7, 11) is -1.78. The number of carbonyl (C=O) groups excluding carboxylic acids is 1. The van der Waals surface area contributed by atoms with Crippen LogP contribution in [0.4, 0.5) is 4.79 Å². The number of hydrogen-bond donors (Lipinski definition) is 2. The number of nitrogens with one attached hydrogen (secondary N) is 1. The molecule has 1 aromatic carbocycles. The number of urea groups is 1. The molecule has 2 unspecified atom stereocenters. The molecule has 1 fully saturated rings. The molecular weight excluding hydrogens is 340 g/mol. The first kappa shape index (κ1) is 18.0. The average molecular weight is 361 g/mol. The van der Waals surface area contributed by atoms with E-state index in [0.717, 1.165) is 18.4 Å². The fraction of sp³-hybridized carbons (Fsp3) is 0.533. The highest BCUT2D eigenvalue weighted by atomic mass is 35.5. The van der Waals surface area contributed by atoms with Crippen molar-refractivity contribution in [3.63, 3.8) is 0 Å². The van der Waals surface area contributed by atoms with Crippen LogP contribution in [0, 0.1) is 0 Å². The standard InChI is InChI=1S/C15H21ClN2O4S/c1-18(13-9-23(21,22)10-14(13)19)15(20)17-8-4-6-11-5-2-3-7-12(11)16/h2-3,5,7,13-14,19H,4,6,8-10H2,1H3,(H,17,20). The van der Waals surface area contributed by atoms with E-state index in [0.29, 0.717) is 11.6 Å². The highest BCUT2D eigenvalue weighted by Gasteiger charge is 2.40. The van der Waals surface area contributed by atoms with Gasteiger partial charge in [-0.3, -0.25) is 0 Å². The van der Waals surface area contributed by atoms with Gasteiger partial charge >= 0.3 is 6.03 Å². The predicted molar refractivity (Wildman–Crippen MR) is 89.4 cm³/mol. The van der Waals surface area contributed by atoms with Crippen molar-refractivity contribution in [2.45, 2.75) is 25.0 Å². The van der Waals surface area contributed by atoms with Crippen molar-refractivity contribution in [2.24, 2.45) is 0 Å². The molecule has 2 rings (SSSR count). The zero-order valence-corrected chi connectivity index (χ0v) is 14.5. The van der Waals surface area contributed by atoms with Crippen LogP contribution in [0.2, 0.25) is 5.02 Å². The maximum atomic E-state index is 12.0. The third kappa shape index (κ3) is 4.83. The molecule has 8 heteroatoms. The van der Waals surface area contributed by atoms with E-state index >= 15 is 0 Å². The van der Waals surface area contributed by atoms with Crippen molar-refractivity contribution >= 4 is 27.5 Å². The summed E-state index contributed by atoms with van der Waals surface area (Å²) in [6, 6.07) is 6.47. The number of hydrogen-bond acceptors (Lipinski definition) is 4. The van der Waals surface area contributed by atoms with Gasteiger partial charge in [-0.2, -0.15) is 0 Å². The number of likely N-dealkylation sites (N-methyl/N-ethyl adjacent to an activating group) is 1. The summed E-state index contributed by atoms with van der Waals surface area (Å²) in [4.78, 5) is 13.3. The zero-order valence-electron chi connectivity index (χ0n) is 12.9. The minimum Gasteiger partial charge on any atom is -0.390 e. The number of carbonyl (C=O) groups is 1. The van der Waals surface area contributed by atoms with Crippen molar-refractivity contribution in [2.75, 3.05) is 25.1 Å². The van der Waals surface area contributed by atoms with Gasteiger partial charge in [0, 0.05) is 18.6 Å². The highest BCUT2D eigenvalue weighted by Crippen LogP contribution is 2.18. The fourth-order valence-corrected chi connectivity index (χ4v) is 4.71. The normalized spacial score (nSPS) is 22.7. The summed E-state index contributed by atoms with van der Waals surface area (Å²) < 4.78 is 23.0. The van der Waals surface area contributed by atoms with Gasteiger partial charge in [-0.15, -0.1) is 0 Å². The number of amides is 2. The van der Waals surface area contributed by atoms with E-state index in [4.69, 9.17) is 11.6 Å². The molecular formula is C15H21ClN2O4S. The van der Waals surface area contributed by atoms with Gasteiger partial charge in [0.05, 0.1) is 23.7 Å². The minimum absolute atomic E-state index is 0.197. The summed E-state index contributed by atoms with van der Waals surface area (Å²) >= 11 is 6.06. The fourth-order valence-electron chi connectivity index (χ4n) is 2.63.